The predicted octanol–water partition coefficient (Wildman–Crippen LogP) is 10.4. The monoisotopic (exact) mass is 582 g/mol. The maximum atomic E-state index is 13.5. The van der Waals surface area contributed by atoms with E-state index in [2.05, 4.69) is 45.2 Å². The number of hydrogen-bond donors (Lipinski definition) is 0. The summed E-state index contributed by atoms with van der Waals surface area (Å²) in [6.07, 6.45) is 17.0. The number of halogens is 1. The van der Waals surface area contributed by atoms with Gasteiger partial charge in [-0.05, 0) is 37.1 Å². The quantitative estimate of drug-likeness (QED) is 0.106. The topological polar surface area (TPSA) is 35.5 Å². The van der Waals surface area contributed by atoms with Crippen LogP contribution in [0.5, 0.6) is 11.5 Å². The third-order valence-electron chi connectivity index (χ3n) is 9.33. The number of fused-ring (bicyclic) bond motifs is 5. The van der Waals surface area contributed by atoms with Crippen LogP contribution in [0.25, 0.3) is 0 Å². The molecule has 0 N–H and O–H groups in total. The van der Waals surface area contributed by atoms with Crippen molar-refractivity contribution in [2.75, 3.05) is 26.9 Å². The van der Waals surface area contributed by atoms with Gasteiger partial charge in [-0.1, -0.05) is 121 Å². The molecule has 0 spiro atoms. The van der Waals surface area contributed by atoms with Crippen LogP contribution in [0.3, 0.4) is 0 Å². The van der Waals surface area contributed by atoms with Crippen LogP contribution in [-0.4, -0.2) is 37.3 Å². The summed E-state index contributed by atoms with van der Waals surface area (Å²) in [5, 5.41) is 0.733. The van der Waals surface area contributed by atoms with E-state index in [-0.39, 0.29) is 23.7 Å². The van der Waals surface area contributed by atoms with Crippen molar-refractivity contribution in [1.82, 2.24) is 0 Å². The van der Waals surface area contributed by atoms with Crippen molar-refractivity contribution in [2.24, 2.45) is 5.92 Å². The number of benzene rings is 2. The lowest BCUT2D eigenvalue weighted by molar-refractivity contribution is -0.915. The zero-order valence-corrected chi connectivity index (χ0v) is 26.6. The van der Waals surface area contributed by atoms with Gasteiger partial charge in [0.05, 0.1) is 26.1 Å². The van der Waals surface area contributed by atoms with Gasteiger partial charge in [0.15, 0.2) is 0 Å². The fourth-order valence-electron chi connectivity index (χ4n) is 6.97. The Morgan fingerprint density at radius 2 is 1.39 bits per heavy atom. The summed E-state index contributed by atoms with van der Waals surface area (Å²) < 4.78 is 13.3. The molecule has 0 aliphatic carbocycles. The molecule has 4 rings (SSSR count). The average Bonchev–Trinajstić information content (AvgIpc) is 3.27. The zero-order valence-electron chi connectivity index (χ0n) is 25.8. The Bertz CT molecular complexity index is 1090. The molecule has 226 valence electrons. The van der Waals surface area contributed by atoms with Crippen LogP contribution in [0.1, 0.15) is 127 Å². The highest BCUT2D eigenvalue weighted by atomic mass is 35.5. The Labute approximate surface area is 254 Å². The third-order valence-corrected chi connectivity index (χ3v) is 9.57. The molecule has 3 unspecified atom stereocenters. The van der Waals surface area contributed by atoms with Crippen molar-refractivity contribution in [3.8, 4) is 11.5 Å². The second-order valence-electron chi connectivity index (χ2n) is 12.9. The summed E-state index contributed by atoms with van der Waals surface area (Å²) in [5.74, 6) is 2.41. The Hall–Kier alpha value is -2.04. The summed E-state index contributed by atoms with van der Waals surface area (Å²) in [5.41, 5.74) is 2.40. The van der Waals surface area contributed by atoms with E-state index in [9.17, 15) is 4.79 Å². The predicted molar refractivity (Wildman–Crippen MR) is 170 cm³/mol. The van der Waals surface area contributed by atoms with Gasteiger partial charge >= 0.3 is 5.97 Å². The van der Waals surface area contributed by atoms with Crippen LogP contribution >= 0.6 is 11.6 Å². The minimum Gasteiger partial charge on any atom is -0.457 e. The number of quaternary nitrogens is 1. The van der Waals surface area contributed by atoms with E-state index in [4.69, 9.17) is 21.1 Å². The second kappa shape index (κ2) is 16.0. The SMILES string of the molecule is CCCCCCCCC(CCCCCCCC)C(=O)OC[N+]1(C)CC2c3ccccc3Oc3ccc(Cl)cc3C2C1. The van der Waals surface area contributed by atoms with E-state index in [1.165, 1.54) is 69.8 Å². The van der Waals surface area contributed by atoms with Gasteiger partial charge in [-0.15, -0.1) is 0 Å². The van der Waals surface area contributed by atoms with E-state index in [1.54, 1.807) is 0 Å². The van der Waals surface area contributed by atoms with Crippen molar-refractivity contribution in [1.29, 1.82) is 0 Å². The van der Waals surface area contributed by atoms with Crippen molar-refractivity contribution in [3.05, 3.63) is 58.6 Å². The number of para-hydroxylation sites is 1. The molecule has 41 heavy (non-hydrogen) atoms. The Balaban J connectivity index is 1.39. The number of esters is 1. The van der Waals surface area contributed by atoms with Gasteiger partial charge in [-0.25, -0.2) is 0 Å². The van der Waals surface area contributed by atoms with E-state index < -0.39 is 0 Å². The van der Waals surface area contributed by atoms with Crippen LogP contribution in [0.2, 0.25) is 5.02 Å². The molecular formula is C36H53ClNO3+. The first-order valence-electron chi connectivity index (χ1n) is 16.5. The highest BCUT2D eigenvalue weighted by molar-refractivity contribution is 6.30. The molecule has 0 saturated carbocycles. The minimum absolute atomic E-state index is 0.0192. The second-order valence-corrected chi connectivity index (χ2v) is 13.4. The van der Waals surface area contributed by atoms with Crippen LogP contribution < -0.4 is 4.74 Å². The highest BCUT2D eigenvalue weighted by Gasteiger charge is 2.48. The molecule has 2 aliphatic rings. The molecule has 2 aromatic rings. The number of carbonyl (C=O) groups is 1. The molecule has 0 aromatic heterocycles. The normalized spacial score (nSPS) is 21.1. The smallest absolute Gasteiger partial charge is 0.313 e. The standard InChI is InChI=1S/C36H53ClNO3/c1-4-6-8-10-12-14-18-28(19-15-13-11-9-7-5-2)36(39)40-27-38(3)25-32-30-20-16-17-21-34(30)41-35-23-22-29(37)24-31(35)33(32)26-38/h16-17,20-24,28,32-33H,4-15,18-19,25-27H2,1-3H3/q+1. The summed E-state index contributed by atoms with van der Waals surface area (Å²) in [6, 6.07) is 14.4. The molecule has 2 aliphatic heterocycles. The van der Waals surface area contributed by atoms with Gasteiger partial charge in [0, 0.05) is 28.0 Å². The largest absolute Gasteiger partial charge is 0.457 e. The Morgan fingerprint density at radius 3 is 2.05 bits per heavy atom. The van der Waals surface area contributed by atoms with Crippen molar-refractivity contribution in [2.45, 2.75) is 116 Å². The molecule has 5 heteroatoms. The van der Waals surface area contributed by atoms with E-state index in [0.717, 1.165) is 60.9 Å². The van der Waals surface area contributed by atoms with Crippen LogP contribution in [0.4, 0.5) is 0 Å². The van der Waals surface area contributed by atoms with Gasteiger partial charge in [0.2, 0.25) is 6.73 Å². The number of unbranched alkanes of at least 4 members (excludes halogenated alkanes) is 10. The summed E-state index contributed by atoms with van der Waals surface area (Å²) >= 11 is 6.46. The Kier molecular flexibility index (Phi) is 12.4. The highest BCUT2D eigenvalue weighted by Crippen LogP contribution is 2.51. The van der Waals surface area contributed by atoms with Gasteiger partial charge < -0.3 is 9.47 Å². The first-order chi connectivity index (χ1) is 19.9. The molecular weight excluding hydrogens is 530 g/mol. The van der Waals surface area contributed by atoms with Gasteiger partial charge in [-0.3, -0.25) is 9.28 Å². The van der Waals surface area contributed by atoms with Crippen LogP contribution in [-0.2, 0) is 9.53 Å². The molecule has 0 radical (unpaired) electrons. The molecule has 0 bridgehead atoms. The summed E-state index contributed by atoms with van der Waals surface area (Å²) in [4.78, 5) is 13.5. The number of nitrogens with zero attached hydrogens (tertiary/aromatic N) is 1. The van der Waals surface area contributed by atoms with E-state index in [0.29, 0.717) is 11.2 Å². The molecule has 1 saturated heterocycles. The average molecular weight is 583 g/mol. The molecule has 3 atom stereocenters. The van der Waals surface area contributed by atoms with Gasteiger partial charge in [0.1, 0.15) is 11.5 Å². The summed E-state index contributed by atoms with van der Waals surface area (Å²) in [7, 11) is 2.24. The van der Waals surface area contributed by atoms with Crippen LogP contribution in [0.15, 0.2) is 42.5 Å². The van der Waals surface area contributed by atoms with Crippen molar-refractivity contribution in [3.63, 3.8) is 0 Å². The van der Waals surface area contributed by atoms with Crippen LogP contribution in [0, 0.1) is 5.92 Å². The molecule has 2 aromatic carbocycles. The molecule has 2 heterocycles. The number of likely N-dealkylation sites (tertiary alicyclic amines) is 1. The van der Waals surface area contributed by atoms with Gasteiger partial charge in [0.25, 0.3) is 0 Å². The lowest BCUT2D eigenvalue weighted by atomic mass is 9.84. The van der Waals surface area contributed by atoms with Crippen molar-refractivity contribution >= 4 is 17.6 Å². The molecule has 0 amide bonds. The lowest BCUT2D eigenvalue weighted by Crippen LogP contribution is -2.45. The van der Waals surface area contributed by atoms with E-state index >= 15 is 0 Å². The number of rotatable bonds is 17. The number of carbonyl (C=O) groups excluding carboxylic acids is 1. The maximum absolute atomic E-state index is 13.5. The zero-order chi connectivity index (χ0) is 29.1. The molecule has 4 nitrogen and oxygen atoms in total. The summed E-state index contributed by atoms with van der Waals surface area (Å²) in [6.45, 7) is 6.74. The minimum atomic E-state index is 0.0192. The fourth-order valence-corrected chi connectivity index (χ4v) is 7.15. The number of likely N-dealkylation sites (N-methyl/N-ethyl adjacent to an activating group) is 1. The third kappa shape index (κ3) is 8.97. The molecule has 1 fully saturated rings. The Morgan fingerprint density at radius 1 is 0.829 bits per heavy atom. The fraction of sp³-hybridized carbons (Fsp3) is 0.639. The number of ether oxygens (including phenoxy) is 2. The van der Waals surface area contributed by atoms with Crippen molar-refractivity contribution < 1.29 is 18.8 Å². The van der Waals surface area contributed by atoms with Gasteiger partial charge in [-0.2, -0.15) is 0 Å². The number of hydrogen-bond acceptors (Lipinski definition) is 3. The first kappa shape index (κ1) is 31.9. The lowest BCUT2D eigenvalue weighted by Gasteiger charge is -2.30. The van der Waals surface area contributed by atoms with E-state index in [1.807, 2.05) is 18.2 Å². The maximum Gasteiger partial charge on any atom is 0.313 e. The first-order valence-corrected chi connectivity index (χ1v) is 16.9.